The summed E-state index contributed by atoms with van der Waals surface area (Å²) in [4.78, 5) is 0. The smallest absolute Gasteiger partial charge is 0.204 e. The SMILES string of the molecule is COc1c(CN)cc(F)c(F)c1OC. The molecule has 0 atom stereocenters. The van der Waals surface area contributed by atoms with Gasteiger partial charge < -0.3 is 15.2 Å². The lowest BCUT2D eigenvalue weighted by Gasteiger charge is -2.12. The average molecular weight is 203 g/mol. The molecule has 0 aliphatic heterocycles. The molecule has 1 rings (SSSR count). The van der Waals surface area contributed by atoms with E-state index in [2.05, 4.69) is 0 Å². The maximum Gasteiger partial charge on any atom is 0.204 e. The van der Waals surface area contributed by atoms with Crippen molar-refractivity contribution in [1.29, 1.82) is 0 Å². The predicted octanol–water partition coefficient (Wildman–Crippen LogP) is 1.44. The molecular weight excluding hydrogens is 192 g/mol. The quantitative estimate of drug-likeness (QED) is 0.808. The summed E-state index contributed by atoms with van der Waals surface area (Å²) >= 11 is 0. The Morgan fingerprint density at radius 3 is 2.21 bits per heavy atom. The van der Waals surface area contributed by atoms with Crippen molar-refractivity contribution in [3.63, 3.8) is 0 Å². The first kappa shape index (κ1) is 10.7. The van der Waals surface area contributed by atoms with Crippen LogP contribution in [0.3, 0.4) is 0 Å². The van der Waals surface area contributed by atoms with Crippen molar-refractivity contribution in [2.75, 3.05) is 14.2 Å². The van der Waals surface area contributed by atoms with Gasteiger partial charge in [0.2, 0.25) is 5.82 Å². The molecule has 3 nitrogen and oxygen atoms in total. The minimum absolute atomic E-state index is 0.0523. The number of hydrogen-bond donors (Lipinski definition) is 1. The first-order valence-corrected chi connectivity index (χ1v) is 3.94. The molecule has 0 saturated heterocycles. The van der Waals surface area contributed by atoms with Crippen LogP contribution in [-0.4, -0.2) is 14.2 Å². The minimum Gasteiger partial charge on any atom is -0.492 e. The molecule has 0 aromatic heterocycles. The predicted molar refractivity (Wildman–Crippen MR) is 47.4 cm³/mol. The van der Waals surface area contributed by atoms with Crippen LogP contribution in [0.1, 0.15) is 5.56 Å². The molecule has 0 radical (unpaired) electrons. The van der Waals surface area contributed by atoms with Crippen molar-refractivity contribution < 1.29 is 18.3 Å². The molecule has 78 valence electrons. The van der Waals surface area contributed by atoms with Gasteiger partial charge in [0.25, 0.3) is 0 Å². The lowest BCUT2D eigenvalue weighted by Crippen LogP contribution is -2.05. The number of ether oxygens (including phenoxy) is 2. The molecule has 0 amide bonds. The molecular formula is C9H11F2NO2. The van der Waals surface area contributed by atoms with Gasteiger partial charge in [-0.2, -0.15) is 4.39 Å². The second-order valence-electron chi connectivity index (χ2n) is 2.60. The van der Waals surface area contributed by atoms with Crippen molar-refractivity contribution in [3.05, 3.63) is 23.3 Å². The fraction of sp³-hybridized carbons (Fsp3) is 0.333. The number of hydrogen-bond acceptors (Lipinski definition) is 3. The number of nitrogens with two attached hydrogens (primary N) is 1. The lowest BCUT2D eigenvalue weighted by molar-refractivity contribution is 0.325. The van der Waals surface area contributed by atoms with Crippen LogP contribution in [0.15, 0.2) is 6.07 Å². The van der Waals surface area contributed by atoms with Gasteiger partial charge in [0.05, 0.1) is 14.2 Å². The van der Waals surface area contributed by atoms with E-state index in [0.717, 1.165) is 6.07 Å². The maximum absolute atomic E-state index is 13.1. The lowest BCUT2D eigenvalue weighted by atomic mass is 10.1. The Labute approximate surface area is 80.4 Å². The zero-order valence-electron chi connectivity index (χ0n) is 7.93. The molecule has 1 aromatic carbocycles. The molecule has 0 heterocycles. The monoisotopic (exact) mass is 203 g/mol. The van der Waals surface area contributed by atoms with Crippen LogP contribution < -0.4 is 15.2 Å². The van der Waals surface area contributed by atoms with Crippen molar-refractivity contribution in [1.82, 2.24) is 0 Å². The molecule has 0 aliphatic rings. The highest BCUT2D eigenvalue weighted by molar-refractivity contribution is 5.48. The Kier molecular flexibility index (Phi) is 3.24. The zero-order valence-corrected chi connectivity index (χ0v) is 7.93. The largest absolute Gasteiger partial charge is 0.492 e. The second kappa shape index (κ2) is 4.23. The van der Waals surface area contributed by atoms with E-state index in [0.29, 0.717) is 5.56 Å². The average Bonchev–Trinajstić information content (AvgIpc) is 2.20. The van der Waals surface area contributed by atoms with Crippen molar-refractivity contribution >= 4 is 0 Å². The topological polar surface area (TPSA) is 44.5 Å². The fourth-order valence-electron chi connectivity index (χ4n) is 1.19. The van der Waals surface area contributed by atoms with E-state index in [1.54, 1.807) is 0 Å². The summed E-state index contributed by atoms with van der Waals surface area (Å²) in [6.07, 6.45) is 0. The standard InChI is InChI=1S/C9H11F2NO2/c1-13-8-5(4-12)3-6(10)7(11)9(8)14-2/h3H,4,12H2,1-2H3. The molecule has 2 N–H and O–H groups in total. The van der Waals surface area contributed by atoms with Crippen molar-refractivity contribution in [2.24, 2.45) is 5.73 Å². The molecule has 0 saturated carbocycles. The summed E-state index contributed by atoms with van der Waals surface area (Å²) in [5, 5.41) is 0. The highest BCUT2D eigenvalue weighted by atomic mass is 19.2. The van der Waals surface area contributed by atoms with Gasteiger partial charge in [0, 0.05) is 12.1 Å². The van der Waals surface area contributed by atoms with E-state index in [9.17, 15) is 8.78 Å². The Morgan fingerprint density at radius 1 is 1.21 bits per heavy atom. The molecule has 14 heavy (non-hydrogen) atoms. The van der Waals surface area contributed by atoms with Crippen LogP contribution in [0.5, 0.6) is 11.5 Å². The van der Waals surface area contributed by atoms with Gasteiger partial charge in [-0.15, -0.1) is 0 Å². The number of halogens is 2. The van der Waals surface area contributed by atoms with Crippen LogP contribution in [-0.2, 0) is 6.54 Å². The third-order valence-electron chi connectivity index (χ3n) is 1.84. The zero-order chi connectivity index (χ0) is 10.7. The highest BCUT2D eigenvalue weighted by Gasteiger charge is 2.19. The van der Waals surface area contributed by atoms with Gasteiger partial charge in [-0.1, -0.05) is 0 Å². The van der Waals surface area contributed by atoms with Gasteiger partial charge in [0.15, 0.2) is 17.3 Å². The van der Waals surface area contributed by atoms with E-state index in [-0.39, 0.29) is 18.0 Å². The van der Waals surface area contributed by atoms with E-state index in [4.69, 9.17) is 15.2 Å². The molecule has 0 bridgehead atoms. The van der Waals surface area contributed by atoms with E-state index in [1.165, 1.54) is 14.2 Å². The molecule has 0 fully saturated rings. The van der Waals surface area contributed by atoms with Crippen LogP contribution in [0, 0.1) is 11.6 Å². The number of benzene rings is 1. The molecule has 0 unspecified atom stereocenters. The van der Waals surface area contributed by atoms with Gasteiger partial charge in [-0.25, -0.2) is 4.39 Å². The van der Waals surface area contributed by atoms with Gasteiger partial charge in [0.1, 0.15) is 0 Å². The first-order chi connectivity index (χ1) is 6.65. The van der Waals surface area contributed by atoms with Gasteiger partial charge >= 0.3 is 0 Å². The fourth-order valence-corrected chi connectivity index (χ4v) is 1.19. The summed E-state index contributed by atoms with van der Waals surface area (Å²) in [6, 6.07) is 0.997. The summed E-state index contributed by atoms with van der Waals surface area (Å²) in [5.41, 5.74) is 5.71. The van der Waals surface area contributed by atoms with Crippen LogP contribution in [0.25, 0.3) is 0 Å². The van der Waals surface area contributed by atoms with Crippen LogP contribution in [0.2, 0.25) is 0 Å². The summed E-state index contributed by atoms with van der Waals surface area (Å²) < 4.78 is 35.7. The maximum atomic E-state index is 13.1. The molecule has 0 aliphatic carbocycles. The van der Waals surface area contributed by atoms with Crippen LogP contribution >= 0.6 is 0 Å². The molecule has 1 aromatic rings. The Balaban J connectivity index is 3.42. The molecule has 0 spiro atoms. The summed E-state index contributed by atoms with van der Waals surface area (Å²) in [5.74, 6) is -2.19. The van der Waals surface area contributed by atoms with Gasteiger partial charge in [-0.3, -0.25) is 0 Å². The minimum atomic E-state index is -1.07. The third kappa shape index (κ3) is 1.63. The van der Waals surface area contributed by atoms with E-state index < -0.39 is 11.6 Å². The van der Waals surface area contributed by atoms with Crippen LogP contribution in [0.4, 0.5) is 8.78 Å². The number of methoxy groups -OCH3 is 2. The van der Waals surface area contributed by atoms with Crippen molar-refractivity contribution in [3.8, 4) is 11.5 Å². The highest BCUT2D eigenvalue weighted by Crippen LogP contribution is 2.35. The Morgan fingerprint density at radius 2 is 1.79 bits per heavy atom. The van der Waals surface area contributed by atoms with Crippen molar-refractivity contribution in [2.45, 2.75) is 6.54 Å². The second-order valence-corrected chi connectivity index (χ2v) is 2.60. The summed E-state index contributed by atoms with van der Waals surface area (Å²) in [7, 11) is 2.58. The Hall–Kier alpha value is -1.36. The van der Waals surface area contributed by atoms with Gasteiger partial charge in [-0.05, 0) is 6.07 Å². The normalized spacial score (nSPS) is 10.1. The Bertz CT molecular complexity index is 342. The number of rotatable bonds is 3. The molecule has 5 heteroatoms. The van der Waals surface area contributed by atoms with E-state index in [1.807, 2.05) is 0 Å². The third-order valence-corrected chi connectivity index (χ3v) is 1.84. The van der Waals surface area contributed by atoms with E-state index >= 15 is 0 Å². The summed E-state index contributed by atoms with van der Waals surface area (Å²) in [6.45, 7) is 0.0523. The first-order valence-electron chi connectivity index (χ1n) is 3.94.